The molecule has 0 heterocycles. The van der Waals surface area contributed by atoms with Crippen LogP contribution in [0.2, 0.25) is 0 Å². The SMILES string of the molecule is CC(C)(C)OC(=O)NCC(=O)NCC(=O)Nc1ccc(S(=O)(=O)Nc2cccc(S(N)(=O)=O)c2)cc1. The first-order valence-electron chi connectivity index (χ1n) is 10.3. The molecule has 36 heavy (non-hydrogen) atoms. The van der Waals surface area contributed by atoms with Crippen LogP contribution in [0.3, 0.4) is 0 Å². The van der Waals surface area contributed by atoms with Gasteiger partial charge in [0.25, 0.3) is 10.0 Å². The summed E-state index contributed by atoms with van der Waals surface area (Å²) in [6.45, 7) is 4.24. The molecule has 6 N–H and O–H groups in total. The van der Waals surface area contributed by atoms with Gasteiger partial charge in [-0.15, -0.1) is 0 Å². The lowest BCUT2D eigenvalue weighted by Gasteiger charge is -2.19. The van der Waals surface area contributed by atoms with Crippen molar-refractivity contribution in [2.45, 2.75) is 36.2 Å². The summed E-state index contributed by atoms with van der Waals surface area (Å²) in [7, 11) is -8.08. The maximum atomic E-state index is 12.6. The number of hydrogen-bond donors (Lipinski definition) is 5. The van der Waals surface area contributed by atoms with Crippen LogP contribution < -0.4 is 25.8 Å². The number of rotatable bonds is 9. The monoisotopic (exact) mass is 541 g/mol. The summed E-state index contributed by atoms with van der Waals surface area (Å²) in [6, 6.07) is 10.1. The summed E-state index contributed by atoms with van der Waals surface area (Å²) in [6.07, 6.45) is -0.774. The number of benzene rings is 2. The maximum Gasteiger partial charge on any atom is 0.408 e. The van der Waals surface area contributed by atoms with E-state index in [-0.39, 0.29) is 27.7 Å². The average molecular weight is 542 g/mol. The number of carbonyl (C=O) groups is 3. The molecule has 2 aromatic rings. The largest absolute Gasteiger partial charge is 0.444 e. The third-order valence-electron chi connectivity index (χ3n) is 4.10. The molecular formula is C21H27N5O8S2. The van der Waals surface area contributed by atoms with Gasteiger partial charge in [0.2, 0.25) is 21.8 Å². The van der Waals surface area contributed by atoms with E-state index in [1.165, 1.54) is 42.5 Å². The van der Waals surface area contributed by atoms with Gasteiger partial charge in [-0.2, -0.15) is 0 Å². The minimum Gasteiger partial charge on any atom is -0.444 e. The Bertz CT molecular complexity index is 1340. The number of amides is 3. The maximum absolute atomic E-state index is 12.6. The zero-order valence-electron chi connectivity index (χ0n) is 19.7. The number of hydrogen-bond acceptors (Lipinski definition) is 8. The third-order valence-corrected chi connectivity index (χ3v) is 6.41. The van der Waals surface area contributed by atoms with E-state index in [0.717, 1.165) is 6.07 Å². The topological polar surface area (TPSA) is 203 Å². The molecular weight excluding hydrogens is 514 g/mol. The number of nitrogens with one attached hydrogen (secondary N) is 4. The van der Waals surface area contributed by atoms with Crippen molar-refractivity contribution in [1.29, 1.82) is 0 Å². The fourth-order valence-corrected chi connectivity index (χ4v) is 4.19. The van der Waals surface area contributed by atoms with Crippen molar-refractivity contribution in [2.24, 2.45) is 5.14 Å². The number of anilines is 2. The Morgan fingerprint density at radius 2 is 1.44 bits per heavy atom. The highest BCUT2D eigenvalue weighted by Crippen LogP contribution is 2.20. The van der Waals surface area contributed by atoms with Gasteiger partial charge in [0.1, 0.15) is 12.1 Å². The number of primary sulfonamides is 1. The van der Waals surface area contributed by atoms with Gasteiger partial charge in [0, 0.05) is 5.69 Å². The first kappa shape index (κ1) is 28.5. The number of sulfonamides is 2. The zero-order valence-corrected chi connectivity index (χ0v) is 21.3. The molecule has 2 aromatic carbocycles. The predicted molar refractivity (Wildman–Crippen MR) is 131 cm³/mol. The van der Waals surface area contributed by atoms with Crippen LogP contribution in [0.1, 0.15) is 20.8 Å². The molecule has 196 valence electrons. The van der Waals surface area contributed by atoms with Gasteiger partial charge in [-0.05, 0) is 63.2 Å². The molecule has 0 aliphatic carbocycles. The number of alkyl carbamates (subject to hydrolysis) is 1. The Kier molecular flexibility index (Phi) is 9.01. The van der Waals surface area contributed by atoms with Gasteiger partial charge in [-0.25, -0.2) is 26.8 Å². The lowest BCUT2D eigenvalue weighted by atomic mass is 10.2. The first-order chi connectivity index (χ1) is 16.5. The summed E-state index contributed by atoms with van der Waals surface area (Å²) in [5.41, 5.74) is -0.462. The van der Waals surface area contributed by atoms with Crippen LogP contribution in [0.25, 0.3) is 0 Å². The zero-order chi connectivity index (χ0) is 27.1. The second-order valence-electron chi connectivity index (χ2n) is 8.38. The Labute approximate surface area is 208 Å². The van der Waals surface area contributed by atoms with E-state index >= 15 is 0 Å². The fraction of sp³-hybridized carbons (Fsp3) is 0.286. The van der Waals surface area contributed by atoms with Crippen molar-refractivity contribution >= 4 is 49.3 Å². The molecule has 0 bridgehead atoms. The van der Waals surface area contributed by atoms with Gasteiger partial charge < -0.3 is 20.7 Å². The Hall–Kier alpha value is -3.69. The summed E-state index contributed by atoms with van der Waals surface area (Å²) in [5.74, 6) is -1.20. The fourth-order valence-electron chi connectivity index (χ4n) is 2.58. The third kappa shape index (κ3) is 9.52. The smallest absolute Gasteiger partial charge is 0.408 e. The van der Waals surface area contributed by atoms with E-state index in [9.17, 15) is 31.2 Å². The van der Waals surface area contributed by atoms with E-state index in [0.29, 0.717) is 0 Å². The van der Waals surface area contributed by atoms with Crippen LogP contribution in [0.4, 0.5) is 16.2 Å². The van der Waals surface area contributed by atoms with Crippen LogP contribution in [-0.4, -0.2) is 53.4 Å². The Morgan fingerprint density at radius 1 is 0.833 bits per heavy atom. The number of nitrogens with two attached hydrogens (primary N) is 1. The van der Waals surface area contributed by atoms with Gasteiger partial charge in [-0.1, -0.05) is 6.07 Å². The van der Waals surface area contributed by atoms with E-state index in [1.54, 1.807) is 20.8 Å². The molecule has 0 aliphatic heterocycles. The molecule has 0 saturated carbocycles. The number of ether oxygens (including phenoxy) is 1. The second-order valence-corrected chi connectivity index (χ2v) is 11.6. The molecule has 0 saturated heterocycles. The van der Waals surface area contributed by atoms with Crippen LogP contribution in [0.15, 0.2) is 58.3 Å². The molecule has 0 radical (unpaired) electrons. The molecule has 0 fully saturated rings. The molecule has 0 aromatic heterocycles. The second kappa shape index (κ2) is 11.4. The molecule has 0 unspecified atom stereocenters. The van der Waals surface area contributed by atoms with Crippen molar-refractivity contribution in [2.75, 3.05) is 23.1 Å². The number of carbonyl (C=O) groups excluding carboxylic acids is 3. The molecule has 0 aliphatic rings. The molecule has 3 amide bonds. The van der Waals surface area contributed by atoms with Crippen molar-refractivity contribution in [3.63, 3.8) is 0 Å². The summed E-state index contributed by atoms with van der Waals surface area (Å²) >= 11 is 0. The molecule has 15 heteroatoms. The average Bonchev–Trinajstić information content (AvgIpc) is 2.75. The minimum atomic E-state index is -4.07. The van der Waals surface area contributed by atoms with E-state index in [4.69, 9.17) is 9.88 Å². The van der Waals surface area contributed by atoms with Crippen LogP contribution in [-0.2, 0) is 34.4 Å². The van der Waals surface area contributed by atoms with Crippen molar-refractivity contribution in [1.82, 2.24) is 10.6 Å². The predicted octanol–water partition coefficient (Wildman–Crippen LogP) is 0.714. The quantitative estimate of drug-likeness (QED) is 0.305. The van der Waals surface area contributed by atoms with E-state index in [2.05, 4.69) is 20.7 Å². The highest BCUT2D eigenvalue weighted by Gasteiger charge is 2.18. The van der Waals surface area contributed by atoms with Gasteiger partial charge in [-0.3, -0.25) is 14.3 Å². The van der Waals surface area contributed by atoms with Gasteiger partial charge >= 0.3 is 6.09 Å². The lowest BCUT2D eigenvalue weighted by molar-refractivity contribution is -0.123. The molecule has 0 atom stereocenters. The van der Waals surface area contributed by atoms with Crippen molar-refractivity contribution in [3.8, 4) is 0 Å². The lowest BCUT2D eigenvalue weighted by Crippen LogP contribution is -2.41. The first-order valence-corrected chi connectivity index (χ1v) is 13.4. The highest BCUT2D eigenvalue weighted by atomic mass is 32.2. The summed E-state index contributed by atoms with van der Waals surface area (Å²) in [4.78, 5) is 34.9. The Morgan fingerprint density at radius 3 is 2.03 bits per heavy atom. The normalized spacial score (nSPS) is 11.8. The Balaban J connectivity index is 1.89. The van der Waals surface area contributed by atoms with Crippen LogP contribution in [0.5, 0.6) is 0 Å². The van der Waals surface area contributed by atoms with Gasteiger partial charge in [0.15, 0.2) is 0 Å². The molecule has 13 nitrogen and oxygen atoms in total. The van der Waals surface area contributed by atoms with E-state index in [1.807, 2.05) is 0 Å². The van der Waals surface area contributed by atoms with Crippen LogP contribution >= 0.6 is 0 Å². The molecule has 2 rings (SSSR count). The van der Waals surface area contributed by atoms with Gasteiger partial charge in [0.05, 0.1) is 22.0 Å². The van der Waals surface area contributed by atoms with Crippen molar-refractivity contribution < 1.29 is 36.0 Å². The standard InChI is InChI=1S/C21H27N5O8S2/c1-21(2,3)34-20(29)24-12-18(27)23-13-19(28)25-14-7-9-16(10-8-14)36(32,33)26-15-5-4-6-17(11-15)35(22,30)31/h4-11,26H,12-13H2,1-3H3,(H,23,27)(H,24,29)(H,25,28)(H2,22,30,31). The summed E-state index contributed by atoms with van der Waals surface area (Å²) in [5, 5.41) is 12.1. The molecule has 0 spiro atoms. The highest BCUT2D eigenvalue weighted by molar-refractivity contribution is 7.92. The minimum absolute atomic E-state index is 0.00388. The summed E-state index contributed by atoms with van der Waals surface area (Å²) < 4.78 is 55.3. The van der Waals surface area contributed by atoms with Crippen molar-refractivity contribution in [3.05, 3.63) is 48.5 Å². The van der Waals surface area contributed by atoms with E-state index < -0.39 is 50.1 Å². The van der Waals surface area contributed by atoms with Crippen LogP contribution in [0, 0.1) is 0 Å².